The van der Waals surface area contributed by atoms with E-state index in [1.807, 2.05) is 35.2 Å². The third-order valence-electron chi connectivity index (χ3n) is 6.46. The molecule has 1 N–H and O–H groups in total. The highest BCUT2D eigenvalue weighted by atomic mass is 32.1. The van der Waals surface area contributed by atoms with Crippen molar-refractivity contribution in [1.82, 2.24) is 9.88 Å². The Bertz CT molecular complexity index is 1090. The number of carbonyl (C=O) groups is 1. The minimum atomic E-state index is -1.30. The molecular formula is C24H28N3O3S+. The second-order valence-electron chi connectivity index (χ2n) is 9.34. The summed E-state index contributed by atoms with van der Waals surface area (Å²) in [5.74, 6) is 0.652. The monoisotopic (exact) mass is 438 g/mol. The number of ether oxygens (including phenoxy) is 1. The second-order valence-corrected chi connectivity index (χ2v) is 10.3. The van der Waals surface area contributed by atoms with Crippen molar-refractivity contribution in [2.24, 2.45) is 0 Å². The molecule has 2 saturated heterocycles. The van der Waals surface area contributed by atoms with Gasteiger partial charge in [0.1, 0.15) is 17.9 Å². The molecule has 0 unspecified atom stereocenters. The normalized spacial score (nSPS) is 22.9. The van der Waals surface area contributed by atoms with Crippen LogP contribution in [-0.2, 0) is 11.2 Å². The molecule has 2 bridgehead atoms. The van der Waals surface area contributed by atoms with Gasteiger partial charge in [-0.05, 0) is 43.7 Å². The summed E-state index contributed by atoms with van der Waals surface area (Å²) >= 11 is 1.55. The number of carbonyl (C=O) groups excluding carboxylic acids is 1. The van der Waals surface area contributed by atoms with Gasteiger partial charge < -0.3 is 14.3 Å². The van der Waals surface area contributed by atoms with Gasteiger partial charge in [-0.1, -0.05) is 35.6 Å². The fourth-order valence-corrected chi connectivity index (χ4v) is 5.69. The minimum absolute atomic E-state index is 0.150. The van der Waals surface area contributed by atoms with Gasteiger partial charge in [-0.2, -0.15) is 0 Å². The van der Waals surface area contributed by atoms with Crippen molar-refractivity contribution < 1.29 is 19.1 Å². The maximum Gasteiger partial charge on any atom is 0.279 e. The average molecular weight is 439 g/mol. The van der Waals surface area contributed by atoms with Gasteiger partial charge in [0.25, 0.3) is 11.1 Å². The number of aliphatic hydroxyl groups is 1. The van der Waals surface area contributed by atoms with Crippen molar-refractivity contribution in [3.63, 3.8) is 0 Å². The van der Waals surface area contributed by atoms with Crippen LogP contribution < -0.4 is 4.74 Å². The molecule has 31 heavy (non-hydrogen) atoms. The Morgan fingerprint density at radius 2 is 2.13 bits per heavy atom. The van der Waals surface area contributed by atoms with E-state index in [1.54, 1.807) is 25.2 Å². The maximum atomic E-state index is 12.6. The highest BCUT2D eigenvalue weighted by Crippen LogP contribution is 2.35. The van der Waals surface area contributed by atoms with Crippen molar-refractivity contribution in [3.8, 4) is 10.9 Å². The van der Waals surface area contributed by atoms with E-state index >= 15 is 0 Å². The summed E-state index contributed by atoms with van der Waals surface area (Å²) in [4.78, 5) is 19.1. The van der Waals surface area contributed by atoms with E-state index < -0.39 is 5.60 Å². The Morgan fingerprint density at radius 1 is 1.29 bits per heavy atom. The van der Waals surface area contributed by atoms with Gasteiger partial charge in [0.05, 0.1) is 29.3 Å². The topological polar surface area (TPSA) is 62.7 Å². The predicted molar refractivity (Wildman–Crippen MR) is 121 cm³/mol. The molecule has 2 aromatic carbocycles. The molecule has 0 radical (unpaired) electrons. The maximum absolute atomic E-state index is 12.6. The van der Waals surface area contributed by atoms with Crippen molar-refractivity contribution in [1.29, 1.82) is 0 Å². The van der Waals surface area contributed by atoms with E-state index in [9.17, 15) is 9.90 Å². The number of hydrogen-bond acceptors (Lipinski definition) is 5. The minimum Gasteiger partial charge on any atom is -0.431 e. The van der Waals surface area contributed by atoms with E-state index in [0.29, 0.717) is 11.9 Å². The van der Waals surface area contributed by atoms with Crippen LogP contribution in [0, 0.1) is 0 Å². The molecule has 0 saturated carbocycles. The number of nitrogens with zero attached hydrogens (tertiary/aromatic N) is 3. The zero-order valence-electron chi connectivity index (χ0n) is 18.0. The van der Waals surface area contributed by atoms with E-state index in [-0.39, 0.29) is 11.9 Å². The van der Waals surface area contributed by atoms with Crippen LogP contribution in [-0.4, -0.2) is 63.3 Å². The lowest BCUT2D eigenvalue weighted by Crippen LogP contribution is -2.54. The van der Waals surface area contributed by atoms with Crippen molar-refractivity contribution in [2.45, 2.75) is 38.3 Å². The first-order chi connectivity index (χ1) is 14.8. The fraction of sp³-hybridized carbons (Fsp3) is 0.417. The predicted octanol–water partition coefficient (Wildman–Crippen LogP) is 3.79. The summed E-state index contributed by atoms with van der Waals surface area (Å²) in [6.45, 7) is 6.94. The van der Waals surface area contributed by atoms with Crippen molar-refractivity contribution in [2.75, 3.05) is 26.3 Å². The Labute approximate surface area is 186 Å². The number of quaternary nitrogens is 1. The van der Waals surface area contributed by atoms with E-state index in [4.69, 9.17) is 4.74 Å². The van der Waals surface area contributed by atoms with Gasteiger partial charge in [-0.25, -0.2) is 4.98 Å². The Hall–Kier alpha value is -2.48. The number of para-hydroxylation sites is 1. The first-order valence-electron chi connectivity index (χ1n) is 10.8. The van der Waals surface area contributed by atoms with Crippen LogP contribution in [0.4, 0.5) is 0 Å². The quantitative estimate of drug-likeness (QED) is 0.595. The van der Waals surface area contributed by atoms with E-state index in [1.165, 1.54) is 5.56 Å². The zero-order chi connectivity index (χ0) is 21.6. The third-order valence-corrected chi connectivity index (χ3v) is 7.38. The molecule has 0 aliphatic carbocycles. The van der Waals surface area contributed by atoms with Crippen LogP contribution in [0.5, 0.6) is 10.9 Å². The number of thiazole rings is 1. The van der Waals surface area contributed by atoms with Gasteiger partial charge in [0, 0.05) is 12.8 Å². The molecule has 2 atom stereocenters. The van der Waals surface area contributed by atoms with Gasteiger partial charge >= 0.3 is 0 Å². The van der Waals surface area contributed by atoms with E-state index in [2.05, 4.69) is 23.2 Å². The molecule has 3 heterocycles. The third kappa shape index (κ3) is 4.05. The number of hydrogen-bond donors (Lipinski definition) is 1. The van der Waals surface area contributed by atoms with Gasteiger partial charge in [-0.15, -0.1) is 0 Å². The summed E-state index contributed by atoms with van der Waals surface area (Å²) in [5, 5.41) is 10.8. The molecular weight excluding hydrogens is 410 g/mol. The summed E-state index contributed by atoms with van der Waals surface area (Å²) in [6, 6.07) is 16.5. The number of rotatable bonds is 6. The van der Waals surface area contributed by atoms with Crippen LogP contribution in [0.3, 0.4) is 0 Å². The van der Waals surface area contributed by atoms with Crippen LogP contribution in [0.2, 0.25) is 0 Å². The molecule has 1 amide bonds. The SMILES string of the molecule is CC(C)(O)C(=O)N1C[N@@+]2(CCc3cccc(Oc4nc5ccccc5s4)c3)CC[C@H]1C2. The fourth-order valence-electron chi connectivity index (χ4n) is 4.86. The van der Waals surface area contributed by atoms with Crippen LogP contribution in [0.25, 0.3) is 10.2 Å². The molecule has 2 aliphatic rings. The van der Waals surface area contributed by atoms with Crippen molar-refractivity contribution in [3.05, 3.63) is 54.1 Å². The average Bonchev–Trinajstić information content (AvgIpc) is 3.44. The lowest BCUT2D eigenvalue weighted by atomic mass is 10.1. The number of benzene rings is 2. The van der Waals surface area contributed by atoms with Crippen LogP contribution in [0.1, 0.15) is 25.8 Å². The molecule has 1 aromatic heterocycles. The highest BCUT2D eigenvalue weighted by molar-refractivity contribution is 7.20. The van der Waals surface area contributed by atoms with E-state index in [0.717, 1.165) is 52.9 Å². The zero-order valence-corrected chi connectivity index (χ0v) is 18.8. The first kappa shape index (κ1) is 20.4. The smallest absolute Gasteiger partial charge is 0.279 e. The largest absolute Gasteiger partial charge is 0.431 e. The molecule has 7 heteroatoms. The Kier molecular flexibility index (Phi) is 5.00. The Morgan fingerprint density at radius 3 is 2.94 bits per heavy atom. The Balaban J connectivity index is 1.25. The molecule has 3 aromatic rings. The number of fused-ring (bicyclic) bond motifs is 3. The number of amides is 1. The summed E-state index contributed by atoms with van der Waals surface area (Å²) < 4.78 is 8.09. The standard InChI is InChI=1S/C24H28N3O3S/c1-24(2,29)22(28)26-16-27(13-11-18(26)15-27)12-10-17-6-5-7-19(14-17)30-23-25-20-8-3-4-9-21(20)31-23/h3-9,14,18,29H,10-13,15-16H2,1-2H3/q+1/t18-,27-/m0/s1. The molecule has 5 rings (SSSR count). The van der Waals surface area contributed by atoms with Gasteiger partial charge in [0.15, 0.2) is 6.67 Å². The molecule has 6 nitrogen and oxygen atoms in total. The highest BCUT2D eigenvalue weighted by Gasteiger charge is 2.53. The second kappa shape index (κ2) is 7.58. The van der Waals surface area contributed by atoms with Crippen LogP contribution in [0.15, 0.2) is 48.5 Å². The van der Waals surface area contributed by atoms with Crippen molar-refractivity contribution >= 4 is 27.5 Å². The summed E-state index contributed by atoms with van der Waals surface area (Å²) in [7, 11) is 0. The van der Waals surface area contributed by atoms with Gasteiger partial charge in [0.2, 0.25) is 0 Å². The molecule has 2 aliphatic heterocycles. The molecule has 0 spiro atoms. The molecule has 162 valence electrons. The summed E-state index contributed by atoms with van der Waals surface area (Å²) in [5.41, 5.74) is 0.876. The lowest BCUT2D eigenvalue weighted by molar-refractivity contribution is -0.913. The number of aromatic nitrogens is 1. The summed E-state index contributed by atoms with van der Waals surface area (Å²) in [6.07, 6.45) is 1.94. The van der Waals surface area contributed by atoms with Gasteiger partial charge in [-0.3, -0.25) is 9.69 Å². The molecule has 2 fully saturated rings. The van der Waals surface area contributed by atoms with Crippen LogP contribution >= 0.6 is 11.3 Å². The first-order valence-corrected chi connectivity index (χ1v) is 11.6. The lowest BCUT2D eigenvalue weighted by Gasteiger charge is -2.36.